The fourth-order valence-electron chi connectivity index (χ4n) is 4.75. The van der Waals surface area contributed by atoms with Gasteiger partial charge >= 0.3 is 6.03 Å². The molecule has 1 aromatic heterocycles. The first-order valence-corrected chi connectivity index (χ1v) is 10.1. The lowest BCUT2D eigenvalue weighted by Crippen LogP contribution is -2.54. The summed E-state index contributed by atoms with van der Waals surface area (Å²) in [5, 5.41) is 3.29. The highest BCUT2D eigenvalue weighted by Gasteiger charge is 2.50. The van der Waals surface area contributed by atoms with Crippen molar-refractivity contribution in [2.45, 2.75) is 50.1 Å². The lowest BCUT2D eigenvalue weighted by atomic mass is 9.69. The zero-order valence-corrected chi connectivity index (χ0v) is 17.0. The third kappa shape index (κ3) is 3.15. The van der Waals surface area contributed by atoms with Gasteiger partial charge in [-0.15, -0.1) is 0 Å². The number of anilines is 1. The van der Waals surface area contributed by atoms with Crippen LogP contribution >= 0.6 is 0 Å². The maximum Gasteiger partial charge on any atom is 0.322 e. The normalized spacial score (nSPS) is 27.4. The number of urea groups is 1. The van der Waals surface area contributed by atoms with E-state index >= 15 is 0 Å². The Labute approximate surface area is 167 Å². The van der Waals surface area contributed by atoms with Gasteiger partial charge in [-0.25, -0.2) is 14.8 Å². The summed E-state index contributed by atoms with van der Waals surface area (Å²) in [5.74, 6) is 0.800. The summed E-state index contributed by atoms with van der Waals surface area (Å²) in [4.78, 5) is 25.6. The zero-order valence-electron chi connectivity index (χ0n) is 17.0. The highest BCUT2D eigenvalue weighted by molar-refractivity contribution is 5.95. The minimum absolute atomic E-state index is 0.0243. The molecule has 1 aliphatic heterocycles. The molecular weight excluding hydrogens is 350 g/mol. The van der Waals surface area contributed by atoms with Crippen LogP contribution in [-0.4, -0.2) is 47.1 Å². The number of benzene rings is 1. The Balaban J connectivity index is 1.53. The molecule has 1 spiro atoms. The van der Waals surface area contributed by atoms with Gasteiger partial charge in [-0.3, -0.25) is 9.80 Å². The van der Waals surface area contributed by atoms with E-state index in [9.17, 15) is 4.79 Å². The van der Waals surface area contributed by atoms with E-state index in [0.29, 0.717) is 6.54 Å². The van der Waals surface area contributed by atoms with Crippen molar-refractivity contribution < 1.29 is 4.79 Å². The fraction of sp³-hybridized carbons (Fsp3) is 0.500. The molecule has 6 heteroatoms. The van der Waals surface area contributed by atoms with Crippen molar-refractivity contribution in [1.82, 2.24) is 20.2 Å². The summed E-state index contributed by atoms with van der Waals surface area (Å²) in [7, 11) is 4.33. The van der Waals surface area contributed by atoms with E-state index in [1.165, 1.54) is 5.56 Å². The molecular formula is C22H29N5O. The molecule has 1 aromatic carbocycles. The van der Waals surface area contributed by atoms with Gasteiger partial charge in [0.25, 0.3) is 0 Å². The van der Waals surface area contributed by atoms with Crippen LogP contribution in [0.3, 0.4) is 0 Å². The van der Waals surface area contributed by atoms with Crippen molar-refractivity contribution in [3.05, 3.63) is 54.1 Å². The van der Waals surface area contributed by atoms with Crippen LogP contribution in [0.25, 0.3) is 0 Å². The Morgan fingerprint density at radius 2 is 1.71 bits per heavy atom. The number of hydrogen-bond donors (Lipinski definition) is 1. The first-order valence-electron chi connectivity index (χ1n) is 10.1. The second kappa shape index (κ2) is 7.17. The predicted octanol–water partition coefficient (Wildman–Crippen LogP) is 3.34. The number of carbonyl (C=O) groups is 1. The Morgan fingerprint density at radius 3 is 2.29 bits per heavy atom. The summed E-state index contributed by atoms with van der Waals surface area (Å²) >= 11 is 0. The molecule has 2 fully saturated rings. The third-order valence-electron chi connectivity index (χ3n) is 6.60. The Bertz CT molecular complexity index is 826. The van der Waals surface area contributed by atoms with Gasteiger partial charge < -0.3 is 5.32 Å². The predicted molar refractivity (Wildman–Crippen MR) is 110 cm³/mol. The number of carbonyl (C=O) groups excluding carboxylic acids is 1. The van der Waals surface area contributed by atoms with Crippen molar-refractivity contribution in [1.29, 1.82) is 0 Å². The van der Waals surface area contributed by atoms with E-state index < -0.39 is 0 Å². The average Bonchev–Trinajstić information content (AvgIpc) is 3.05. The van der Waals surface area contributed by atoms with Gasteiger partial charge in [0.1, 0.15) is 5.82 Å². The van der Waals surface area contributed by atoms with Gasteiger partial charge in [0, 0.05) is 12.0 Å². The van der Waals surface area contributed by atoms with Gasteiger partial charge in [-0.05, 0) is 45.3 Å². The largest absolute Gasteiger partial charge is 0.330 e. The van der Waals surface area contributed by atoms with Gasteiger partial charge in [-0.2, -0.15) is 0 Å². The van der Waals surface area contributed by atoms with E-state index in [2.05, 4.69) is 64.6 Å². The van der Waals surface area contributed by atoms with E-state index in [4.69, 9.17) is 0 Å². The van der Waals surface area contributed by atoms with E-state index in [1.54, 1.807) is 17.3 Å². The molecule has 2 amide bonds. The molecule has 1 saturated carbocycles. The molecule has 0 bridgehead atoms. The summed E-state index contributed by atoms with van der Waals surface area (Å²) < 4.78 is 0. The van der Waals surface area contributed by atoms with Gasteiger partial charge in [-0.1, -0.05) is 37.3 Å². The molecule has 0 radical (unpaired) electrons. The molecule has 6 nitrogen and oxygen atoms in total. The second-order valence-electron chi connectivity index (χ2n) is 8.30. The molecule has 1 aliphatic carbocycles. The van der Waals surface area contributed by atoms with E-state index in [0.717, 1.165) is 43.6 Å². The standard InChI is InChI=1S/C22H29N5O/c1-4-19-23-14-18(15-24-19)27-16-21(25-20(27)28)10-12-22(13-11-21,26(2)3)17-8-6-5-7-9-17/h5-9,14-15H,4,10-13,16H2,1-3H3,(H,25,28)/t21-,22+. The average molecular weight is 380 g/mol. The quantitative estimate of drug-likeness (QED) is 0.885. The Kier molecular flexibility index (Phi) is 4.83. The van der Waals surface area contributed by atoms with E-state index in [-0.39, 0.29) is 17.1 Å². The number of aryl methyl sites for hydroxylation is 1. The maximum absolute atomic E-state index is 12.7. The maximum atomic E-state index is 12.7. The van der Waals surface area contributed by atoms with Crippen LogP contribution in [0.5, 0.6) is 0 Å². The van der Waals surface area contributed by atoms with Crippen LogP contribution in [0.4, 0.5) is 10.5 Å². The lowest BCUT2D eigenvalue weighted by Gasteiger charge is -2.48. The summed E-state index contributed by atoms with van der Waals surface area (Å²) in [6.07, 6.45) is 8.27. The molecule has 2 aliphatic rings. The first kappa shape index (κ1) is 18.9. The number of aromatic nitrogens is 2. The van der Waals surface area contributed by atoms with Crippen molar-refractivity contribution in [3.63, 3.8) is 0 Å². The van der Waals surface area contributed by atoms with Crippen LogP contribution in [-0.2, 0) is 12.0 Å². The Morgan fingerprint density at radius 1 is 1.07 bits per heavy atom. The number of nitrogens with zero attached hydrogens (tertiary/aromatic N) is 4. The molecule has 4 rings (SSSR count). The van der Waals surface area contributed by atoms with E-state index in [1.807, 2.05) is 6.92 Å². The first-order chi connectivity index (χ1) is 13.5. The molecule has 1 saturated heterocycles. The molecule has 148 valence electrons. The van der Waals surface area contributed by atoms with Gasteiger partial charge in [0.2, 0.25) is 0 Å². The molecule has 2 aromatic rings. The highest BCUT2D eigenvalue weighted by Crippen LogP contribution is 2.46. The van der Waals surface area contributed by atoms with Crippen LogP contribution < -0.4 is 10.2 Å². The molecule has 1 N–H and O–H groups in total. The highest BCUT2D eigenvalue weighted by atomic mass is 16.2. The van der Waals surface area contributed by atoms with Crippen LogP contribution in [0.15, 0.2) is 42.7 Å². The number of nitrogens with one attached hydrogen (secondary N) is 1. The topological polar surface area (TPSA) is 61.4 Å². The summed E-state index contributed by atoms with van der Waals surface area (Å²) in [5.41, 5.74) is 1.99. The third-order valence-corrected chi connectivity index (χ3v) is 6.60. The molecule has 0 atom stereocenters. The van der Waals surface area contributed by atoms with Crippen molar-refractivity contribution >= 4 is 11.7 Å². The van der Waals surface area contributed by atoms with Crippen molar-refractivity contribution in [2.75, 3.05) is 25.5 Å². The Hall–Kier alpha value is -2.47. The smallest absolute Gasteiger partial charge is 0.322 e. The van der Waals surface area contributed by atoms with Gasteiger partial charge in [0.15, 0.2) is 0 Å². The number of amides is 2. The van der Waals surface area contributed by atoms with Gasteiger partial charge in [0.05, 0.1) is 30.2 Å². The second-order valence-corrected chi connectivity index (χ2v) is 8.30. The fourth-order valence-corrected chi connectivity index (χ4v) is 4.75. The van der Waals surface area contributed by atoms with Crippen LogP contribution in [0.1, 0.15) is 44.0 Å². The number of hydrogen-bond acceptors (Lipinski definition) is 4. The molecule has 28 heavy (non-hydrogen) atoms. The molecule has 0 unspecified atom stereocenters. The SMILES string of the molecule is CCc1ncc(N2C[C@]3(CC[C@](c4ccccc4)(N(C)C)CC3)NC2=O)cn1. The minimum Gasteiger partial charge on any atom is -0.330 e. The lowest BCUT2D eigenvalue weighted by molar-refractivity contribution is 0.0658. The van der Waals surface area contributed by atoms with Crippen LogP contribution in [0, 0.1) is 0 Å². The summed E-state index contributed by atoms with van der Waals surface area (Å²) in [6.45, 7) is 2.71. The van der Waals surface area contributed by atoms with Crippen molar-refractivity contribution in [2.24, 2.45) is 0 Å². The van der Waals surface area contributed by atoms with Crippen LogP contribution in [0.2, 0.25) is 0 Å². The monoisotopic (exact) mass is 379 g/mol. The van der Waals surface area contributed by atoms with Crippen molar-refractivity contribution in [3.8, 4) is 0 Å². The summed E-state index contributed by atoms with van der Waals surface area (Å²) in [6, 6.07) is 10.7. The molecule has 2 heterocycles. The zero-order chi connectivity index (χ0) is 19.8. The number of rotatable bonds is 4. The minimum atomic E-state index is -0.172.